The summed E-state index contributed by atoms with van der Waals surface area (Å²) >= 11 is 0. The summed E-state index contributed by atoms with van der Waals surface area (Å²) in [5.74, 6) is -0.793. The number of carbonyl (C=O) groups excluding carboxylic acids is 1. The van der Waals surface area contributed by atoms with E-state index in [9.17, 15) is 4.79 Å². The third-order valence-corrected chi connectivity index (χ3v) is 3.28. The highest BCUT2D eigenvalue weighted by atomic mass is 16.5. The van der Waals surface area contributed by atoms with Gasteiger partial charge < -0.3 is 14.0 Å². The van der Waals surface area contributed by atoms with E-state index in [0.717, 1.165) is 17.0 Å². The summed E-state index contributed by atoms with van der Waals surface area (Å²) in [6.45, 7) is 6.09. The number of ether oxygens (including phenoxy) is 2. The fraction of sp³-hybridized carbons (Fsp3) is 0.438. The molecule has 0 aliphatic rings. The summed E-state index contributed by atoms with van der Waals surface area (Å²) < 4.78 is 11.9. The molecular formula is C16H19N3O3. The quantitative estimate of drug-likeness (QED) is 0.457. The number of aromatic nitrogens is 1. The standard InChI is InChI=1S/C16H19N3O3/c1-11-7-14(13(3)19(11)12(2)10-21-4)8-15(9-18)16(20)22-6-5-17/h7-8,12H,6,10H2,1-4H3/b15-8+/t12-/m0/s1. The molecule has 22 heavy (non-hydrogen) atoms. The third-order valence-electron chi connectivity index (χ3n) is 3.28. The molecule has 1 rings (SSSR count). The van der Waals surface area contributed by atoms with Gasteiger partial charge in [0.15, 0.2) is 6.61 Å². The fourth-order valence-corrected chi connectivity index (χ4v) is 2.41. The largest absolute Gasteiger partial charge is 0.446 e. The zero-order chi connectivity index (χ0) is 16.7. The van der Waals surface area contributed by atoms with E-state index in [0.29, 0.717) is 6.61 Å². The molecule has 0 unspecified atom stereocenters. The Morgan fingerprint density at radius 3 is 2.68 bits per heavy atom. The molecule has 1 atom stereocenters. The summed E-state index contributed by atoms with van der Waals surface area (Å²) in [5, 5.41) is 17.5. The van der Waals surface area contributed by atoms with Gasteiger partial charge in [0.25, 0.3) is 0 Å². The van der Waals surface area contributed by atoms with E-state index in [4.69, 9.17) is 15.3 Å². The van der Waals surface area contributed by atoms with Gasteiger partial charge in [0.05, 0.1) is 12.6 Å². The van der Waals surface area contributed by atoms with Gasteiger partial charge in [-0.1, -0.05) is 0 Å². The number of hydrogen-bond donors (Lipinski definition) is 0. The van der Waals surface area contributed by atoms with Gasteiger partial charge >= 0.3 is 5.97 Å². The van der Waals surface area contributed by atoms with Gasteiger partial charge in [0.2, 0.25) is 0 Å². The topological polar surface area (TPSA) is 88.0 Å². The van der Waals surface area contributed by atoms with Gasteiger partial charge in [-0.05, 0) is 38.5 Å². The van der Waals surface area contributed by atoms with Crippen molar-refractivity contribution in [2.75, 3.05) is 20.3 Å². The first-order chi connectivity index (χ1) is 10.5. The molecule has 0 N–H and O–H groups in total. The Balaban J connectivity index is 3.15. The molecule has 0 aromatic carbocycles. The first kappa shape index (κ1) is 17.5. The molecule has 1 aromatic rings. The molecule has 6 nitrogen and oxygen atoms in total. The Morgan fingerprint density at radius 1 is 1.45 bits per heavy atom. The average molecular weight is 301 g/mol. The van der Waals surface area contributed by atoms with Crippen molar-refractivity contribution in [2.24, 2.45) is 0 Å². The maximum Gasteiger partial charge on any atom is 0.349 e. The second-order valence-corrected chi connectivity index (χ2v) is 4.90. The molecule has 116 valence electrons. The van der Waals surface area contributed by atoms with Crippen molar-refractivity contribution in [3.63, 3.8) is 0 Å². The molecule has 0 aliphatic carbocycles. The van der Waals surface area contributed by atoms with Crippen LogP contribution in [0.25, 0.3) is 6.08 Å². The Hall–Kier alpha value is -2.57. The lowest BCUT2D eigenvalue weighted by Crippen LogP contribution is -2.13. The van der Waals surface area contributed by atoms with E-state index in [1.54, 1.807) is 13.2 Å². The number of nitrogens with zero attached hydrogens (tertiary/aromatic N) is 3. The van der Waals surface area contributed by atoms with Crippen LogP contribution in [0.15, 0.2) is 11.6 Å². The number of rotatable bonds is 6. The number of nitriles is 2. The number of aryl methyl sites for hydroxylation is 1. The van der Waals surface area contributed by atoms with Crippen LogP contribution in [0.2, 0.25) is 0 Å². The van der Waals surface area contributed by atoms with Crippen LogP contribution >= 0.6 is 0 Å². The highest BCUT2D eigenvalue weighted by Gasteiger charge is 2.16. The Kier molecular flexibility index (Phi) is 6.37. The van der Waals surface area contributed by atoms with Crippen LogP contribution < -0.4 is 0 Å². The van der Waals surface area contributed by atoms with Crippen LogP contribution in [-0.4, -0.2) is 30.9 Å². The summed E-state index contributed by atoms with van der Waals surface area (Å²) in [4.78, 5) is 11.7. The van der Waals surface area contributed by atoms with Crippen molar-refractivity contribution in [2.45, 2.75) is 26.8 Å². The number of esters is 1. The maximum absolute atomic E-state index is 11.7. The molecule has 1 heterocycles. The number of methoxy groups -OCH3 is 1. The molecule has 0 radical (unpaired) electrons. The van der Waals surface area contributed by atoms with Crippen molar-refractivity contribution in [3.05, 3.63) is 28.6 Å². The van der Waals surface area contributed by atoms with Gasteiger partial charge in [0.1, 0.15) is 17.7 Å². The summed E-state index contributed by atoms with van der Waals surface area (Å²) in [7, 11) is 1.64. The third kappa shape index (κ3) is 3.97. The monoisotopic (exact) mass is 301 g/mol. The smallest absolute Gasteiger partial charge is 0.349 e. The van der Waals surface area contributed by atoms with Crippen molar-refractivity contribution >= 4 is 12.0 Å². The Labute approximate surface area is 130 Å². The molecule has 0 saturated heterocycles. The maximum atomic E-state index is 11.7. The minimum absolute atomic E-state index is 0.130. The lowest BCUT2D eigenvalue weighted by atomic mass is 10.1. The van der Waals surface area contributed by atoms with Crippen LogP contribution in [0, 0.1) is 36.5 Å². The van der Waals surface area contributed by atoms with Crippen molar-refractivity contribution in [1.29, 1.82) is 10.5 Å². The van der Waals surface area contributed by atoms with Crippen molar-refractivity contribution in [3.8, 4) is 12.1 Å². The first-order valence-electron chi connectivity index (χ1n) is 6.79. The van der Waals surface area contributed by atoms with Crippen molar-refractivity contribution < 1.29 is 14.3 Å². The molecule has 6 heteroatoms. The van der Waals surface area contributed by atoms with Gasteiger partial charge in [-0.2, -0.15) is 10.5 Å². The second-order valence-electron chi connectivity index (χ2n) is 4.90. The van der Waals surface area contributed by atoms with Crippen LogP contribution in [-0.2, 0) is 14.3 Å². The summed E-state index contributed by atoms with van der Waals surface area (Å²) in [5.41, 5.74) is 2.58. The normalized spacial score (nSPS) is 12.4. The molecule has 0 spiro atoms. The van der Waals surface area contributed by atoms with Crippen LogP contribution in [0.3, 0.4) is 0 Å². The molecule has 0 bridgehead atoms. The number of hydrogen-bond acceptors (Lipinski definition) is 5. The van der Waals surface area contributed by atoms with E-state index in [1.165, 1.54) is 6.08 Å². The highest BCUT2D eigenvalue weighted by molar-refractivity contribution is 5.98. The second kappa shape index (κ2) is 8.02. The average Bonchev–Trinajstić information content (AvgIpc) is 2.76. The van der Waals surface area contributed by atoms with Crippen LogP contribution in [0.4, 0.5) is 0 Å². The lowest BCUT2D eigenvalue weighted by Gasteiger charge is -2.17. The summed E-state index contributed by atoms with van der Waals surface area (Å²) in [6, 6.07) is 5.55. The minimum Gasteiger partial charge on any atom is -0.446 e. The van der Waals surface area contributed by atoms with E-state index in [2.05, 4.69) is 9.30 Å². The SMILES string of the molecule is COC[C@H](C)n1c(C)cc(/C=C(\C#N)C(=O)OCC#N)c1C. The van der Waals surface area contributed by atoms with Crippen molar-refractivity contribution in [1.82, 2.24) is 4.57 Å². The lowest BCUT2D eigenvalue weighted by molar-refractivity contribution is -0.137. The Morgan fingerprint density at radius 2 is 2.14 bits per heavy atom. The molecule has 0 saturated carbocycles. The zero-order valence-corrected chi connectivity index (χ0v) is 13.2. The van der Waals surface area contributed by atoms with Crippen LogP contribution in [0.5, 0.6) is 0 Å². The highest BCUT2D eigenvalue weighted by Crippen LogP contribution is 2.23. The zero-order valence-electron chi connectivity index (χ0n) is 13.2. The predicted molar refractivity (Wildman–Crippen MR) is 80.7 cm³/mol. The van der Waals surface area contributed by atoms with Crippen LogP contribution in [0.1, 0.15) is 29.9 Å². The molecule has 0 amide bonds. The molecule has 0 aliphatic heterocycles. The predicted octanol–water partition coefficient (Wildman–Crippen LogP) is 2.29. The van der Waals surface area contributed by atoms with E-state index in [1.807, 2.05) is 32.9 Å². The van der Waals surface area contributed by atoms with E-state index < -0.39 is 5.97 Å². The van der Waals surface area contributed by atoms with E-state index >= 15 is 0 Å². The Bertz CT molecular complexity index is 659. The van der Waals surface area contributed by atoms with Gasteiger partial charge in [-0.15, -0.1) is 0 Å². The van der Waals surface area contributed by atoms with Gasteiger partial charge in [-0.3, -0.25) is 0 Å². The first-order valence-corrected chi connectivity index (χ1v) is 6.79. The molecule has 0 fully saturated rings. The number of carbonyl (C=O) groups is 1. The summed E-state index contributed by atoms with van der Waals surface area (Å²) in [6.07, 6.45) is 1.48. The fourth-order valence-electron chi connectivity index (χ4n) is 2.41. The van der Waals surface area contributed by atoms with Gasteiger partial charge in [-0.25, -0.2) is 4.79 Å². The van der Waals surface area contributed by atoms with E-state index in [-0.39, 0.29) is 18.2 Å². The van der Waals surface area contributed by atoms with Gasteiger partial charge in [0, 0.05) is 18.5 Å². The molecule has 1 aromatic heterocycles. The minimum atomic E-state index is -0.793. The molecular weight excluding hydrogens is 282 g/mol.